The van der Waals surface area contributed by atoms with Gasteiger partial charge >= 0.3 is 6.09 Å². The zero-order valence-electron chi connectivity index (χ0n) is 23.5. The van der Waals surface area contributed by atoms with Crippen molar-refractivity contribution >= 4 is 17.9 Å². The van der Waals surface area contributed by atoms with E-state index >= 15 is 0 Å². The molecule has 8 heteroatoms. The van der Waals surface area contributed by atoms with Crippen molar-refractivity contribution in [2.45, 2.75) is 97.0 Å². The fourth-order valence-electron chi connectivity index (χ4n) is 4.19. The molecule has 0 aromatic heterocycles. The highest BCUT2D eigenvalue weighted by atomic mass is 16.6. The predicted octanol–water partition coefficient (Wildman–Crippen LogP) is 4.78. The lowest BCUT2D eigenvalue weighted by Crippen LogP contribution is -2.55. The van der Waals surface area contributed by atoms with Gasteiger partial charge in [-0.25, -0.2) is 4.79 Å². The van der Waals surface area contributed by atoms with Crippen molar-refractivity contribution in [2.24, 2.45) is 0 Å². The second-order valence-electron chi connectivity index (χ2n) is 12.1. The Labute approximate surface area is 225 Å². The van der Waals surface area contributed by atoms with E-state index in [0.29, 0.717) is 5.56 Å². The summed E-state index contributed by atoms with van der Waals surface area (Å²) in [6.07, 6.45) is 1.00. The fourth-order valence-corrected chi connectivity index (χ4v) is 4.19. The number of hydrogen-bond acceptors (Lipinski definition) is 5. The summed E-state index contributed by atoms with van der Waals surface area (Å²) in [5, 5.41) is 15.5. The molecule has 3 rings (SSSR count). The molecule has 2 atom stereocenters. The number of phenols is 1. The molecule has 0 bridgehead atoms. The largest absolute Gasteiger partial charge is 0.508 e. The Balaban J connectivity index is 2.01. The summed E-state index contributed by atoms with van der Waals surface area (Å²) in [5.41, 5.74) is 1.25. The molecule has 1 fully saturated rings. The maximum absolute atomic E-state index is 14.3. The van der Waals surface area contributed by atoms with E-state index < -0.39 is 29.3 Å². The Bertz CT molecular complexity index is 1130. The number of carbonyl (C=O) groups is 3. The van der Waals surface area contributed by atoms with E-state index in [1.54, 1.807) is 37.8 Å². The number of alkyl carbamates (subject to hydrolysis) is 1. The zero-order valence-corrected chi connectivity index (χ0v) is 23.5. The maximum atomic E-state index is 14.3. The number of ether oxygens (including phenoxy) is 1. The number of benzene rings is 2. The highest BCUT2D eigenvalue weighted by Crippen LogP contribution is 2.36. The maximum Gasteiger partial charge on any atom is 0.408 e. The molecular weight excluding hydrogens is 482 g/mol. The van der Waals surface area contributed by atoms with Crippen LogP contribution in [0.15, 0.2) is 48.5 Å². The van der Waals surface area contributed by atoms with Crippen molar-refractivity contribution in [1.29, 1.82) is 0 Å². The van der Waals surface area contributed by atoms with Crippen LogP contribution in [0, 0.1) is 6.92 Å². The first kappa shape index (κ1) is 29.0. The number of aromatic hydroxyl groups is 1. The number of hydrogen-bond donors (Lipinski definition) is 3. The van der Waals surface area contributed by atoms with Crippen LogP contribution in [0.4, 0.5) is 4.79 Å². The Hall–Kier alpha value is -3.55. The fraction of sp³-hybridized carbons (Fsp3) is 0.500. The Morgan fingerprint density at radius 1 is 0.974 bits per heavy atom. The van der Waals surface area contributed by atoms with Crippen molar-refractivity contribution < 1.29 is 24.2 Å². The molecule has 8 nitrogen and oxygen atoms in total. The van der Waals surface area contributed by atoms with Crippen LogP contribution in [0.5, 0.6) is 5.75 Å². The average Bonchev–Trinajstić information content (AvgIpc) is 3.61. The molecule has 1 saturated carbocycles. The molecule has 1 aliphatic rings. The third-order valence-corrected chi connectivity index (χ3v) is 5.98. The lowest BCUT2D eigenvalue weighted by atomic mass is 9.98. The van der Waals surface area contributed by atoms with Crippen molar-refractivity contribution in [3.63, 3.8) is 0 Å². The topological polar surface area (TPSA) is 108 Å². The first-order chi connectivity index (χ1) is 17.6. The summed E-state index contributed by atoms with van der Waals surface area (Å²) in [4.78, 5) is 42.4. The van der Waals surface area contributed by atoms with Crippen molar-refractivity contribution in [3.05, 3.63) is 65.2 Å². The van der Waals surface area contributed by atoms with Crippen molar-refractivity contribution in [3.8, 4) is 5.75 Å². The van der Waals surface area contributed by atoms with Gasteiger partial charge in [-0.15, -0.1) is 0 Å². The summed E-state index contributed by atoms with van der Waals surface area (Å²) in [7, 11) is 0. The van der Waals surface area contributed by atoms with Gasteiger partial charge in [0, 0.05) is 18.0 Å². The van der Waals surface area contributed by atoms with Crippen LogP contribution in [-0.4, -0.2) is 51.1 Å². The number of phenolic OH excluding ortho intramolecular Hbond substituents is 1. The number of nitrogens with one attached hydrogen (secondary N) is 2. The zero-order chi connectivity index (χ0) is 28.3. The minimum atomic E-state index is -0.981. The highest BCUT2D eigenvalue weighted by molar-refractivity contribution is 5.93. The number of nitrogens with zero attached hydrogens (tertiary/aromatic N) is 1. The number of amides is 3. The van der Waals surface area contributed by atoms with Gasteiger partial charge in [-0.2, -0.15) is 0 Å². The van der Waals surface area contributed by atoms with Crippen LogP contribution in [0.25, 0.3) is 0 Å². The van der Waals surface area contributed by atoms with Crippen LogP contribution in [-0.2, 0) is 20.7 Å². The van der Waals surface area contributed by atoms with Gasteiger partial charge in [0.25, 0.3) is 0 Å². The minimum Gasteiger partial charge on any atom is -0.508 e. The third kappa shape index (κ3) is 8.50. The average molecular weight is 524 g/mol. The second-order valence-corrected chi connectivity index (χ2v) is 12.1. The number of carbonyl (C=O) groups excluding carboxylic acids is 3. The molecule has 0 saturated heterocycles. The summed E-state index contributed by atoms with van der Waals surface area (Å²) >= 11 is 0. The summed E-state index contributed by atoms with van der Waals surface area (Å²) in [5.74, 6) is -0.530. The van der Waals surface area contributed by atoms with Gasteiger partial charge in [0.2, 0.25) is 11.8 Å². The van der Waals surface area contributed by atoms with Crippen LogP contribution >= 0.6 is 0 Å². The molecule has 2 unspecified atom stereocenters. The second kappa shape index (κ2) is 11.5. The first-order valence-corrected chi connectivity index (χ1v) is 13.1. The third-order valence-electron chi connectivity index (χ3n) is 5.98. The smallest absolute Gasteiger partial charge is 0.408 e. The molecule has 38 heavy (non-hydrogen) atoms. The van der Waals surface area contributed by atoms with E-state index in [2.05, 4.69) is 10.6 Å². The molecule has 0 radical (unpaired) electrons. The normalized spacial score (nSPS) is 15.2. The van der Waals surface area contributed by atoms with Gasteiger partial charge in [-0.3, -0.25) is 9.59 Å². The molecule has 2 aromatic carbocycles. The van der Waals surface area contributed by atoms with Crippen LogP contribution < -0.4 is 10.6 Å². The Morgan fingerprint density at radius 2 is 1.55 bits per heavy atom. The highest BCUT2D eigenvalue weighted by Gasteiger charge is 2.44. The van der Waals surface area contributed by atoms with Crippen LogP contribution in [0.3, 0.4) is 0 Å². The lowest BCUT2D eigenvalue weighted by molar-refractivity contribution is -0.143. The first-order valence-electron chi connectivity index (χ1n) is 13.1. The Kier molecular flexibility index (Phi) is 8.75. The molecular formula is C30H41N3O5. The van der Waals surface area contributed by atoms with E-state index in [-0.39, 0.29) is 30.0 Å². The molecule has 0 heterocycles. The molecule has 1 aliphatic carbocycles. The van der Waals surface area contributed by atoms with E-state index in [1.807, 2.05) is 52.0 Å². The minimum absolute atomic E-state index is 0.106. The van der Waals surface area contributed by atoms with E-state index in [4.69, 9.17) is 4.74 Å². The van der Waals surface area contributed by atoms with Gasteiger partial charge in [0.15, 0.2) is 0 Å². The number of rotatable bonds is 8. The number of aryl methyl sites for hydroxylation is 1. The van der Waals surface area contributed by atoms with Gasteiger partial charge in [-0.1, -0.05) is 42.0 Å². The van der Waals surface area contributed by atoms with Gasteiger partial charge in [-0.05, 0) is 84.6 Å². The SMILES string of the molecule is Cc1ccc(C(C(=O)NC(C)(C)C)N(C(=O)C(Cc2ccc(O)cc2)NC(=O)OC(C)(C)C)C2CC2)cc1. The molecule has 3 amide bonds. The molecule has 206 valence electrons. The van der Waals surface area contributed by atoms with E-state index in [1.165, 1.54) is 12.1 Å². The van der Waals surface area contributed by atoms with E-state index in [9.17, 15) is 19.5 Å². The van der Waals surface area contributed by atoms with Crippen molar-refractivity contribution in [2.75, 3.05) is 0 Å². The standard InChI is InChI=1S/C30H41N3O5/c1-19-8-12-21(13-9-19)25(26(35)32-29(2,3)4)33(22-14-15-22)27(36)24(31-28(37)38-30(5,6)7)18-20-10-16-23(34)17-11-20/h8-13,16-17,22,24-25,34H,14-15,18H2,1-7H3,(H,31,37)(H,32,35). The van der Waals surface area contributed by atoms with E-state index in [0.717, 1.165) is 24.0 Å². The summed E-state index contributed by atoms with van der Waals surface area (Å²) in [6, 6.07) is 12.1. The van der Waals surface area contributed by atoms with Crippen LogP contribution in [0.2, 0.25) is 0 Å². The monoisotopic (exact) mass is 523 g/mol. The summed E-state index contributed by atoms with van der Waals surface area (Å²) < 4.78 is 5.46. The molecule has 0 aliphatic heterocycles. The Morgan fingerprint density at radius 3 is 2.05 bits per heavy atom. The quantitative estimate of drug-likeness (QED) is 0.461. The molecule has 0 spiro atoms. The lowest BCUT2D eigenvalue weighted by Gasteiger charge is -2.36. The molecule has 3 N–H and O–H groups in total. The van der Waals surface area contributed by atoms with Crippen molar-refractivity contribution in [1.82, 2.24) is 15.5 Å². The van der Waals surface area contributed by atoms with Gasteiger partial charge < -0.3 is 25.4 Å². The predicted molar refractivity (Wildman–Crippen MR) is 147 cm³/mol. The van der Waals surface area contributed by atoms with Crippen LogP contribution in [0.1, 0.15) is 77.1 Å². The van der Waals surface area contributed by atoms with Gasteiger partial charge in [0.05, 0.1) is 0 Å². The van der Waals surface area contributed by atoms with Gasteiger partial charge in [0.1, 0.15) is 23.4 Å². The molecule has 2 aromatic rings. The summed E-state index contributed by atoms with van der Waals surface area (Å²) in [6.45, 7) is 12.9.